The smallest absolute Gasteiger partial charge is 0.243 e. The van der Waals surface area contributed by atoms with Crippen molar-refractivity contribution in [2.45, 2.75) is 18.8 Å². The van der Waals surface area contributed by atoms with Crippen LogP contribution in [-0.2, 0) is 0 Å². The summed E-state index contributed by atoms with van der Waals surface area (Å²) in [4.78, 5) is 0. The molecule has 0 radical (unpaired) electrons. The first kappa shape index (κ1) is 10.2. The molecule has 17 heavy (non-hydrogen) atoms. The molecule has 5 nitrogen and oxygen atoms in total. The van der Waals surface area contributed by atoms with E-state index in [1.807, 2.05) is 4.57 Å². The molecule has 1 aliphatic rings. The van der Waals surface area contributed by atoms with E-state index in [9.17, 15) is 4.39 Å². The van der Waals surface area contributed by atoms with Gasteiger partial charge in [-0.25, -0.2) is 10.2 Å². The summed E-state index contributed by atoms with van der Waals surface area (Å²) in [6.45, 7) is 0. The first-order valence-corrected chi connectivity index (χ1v) is 5.47. The Kier molecular flexibility index (Phi) is 2.29. The van der Waals surface area contributed by atoms with E-state index in [4.69, 9.17) is 5.84 Å². The van der Waals surface area contributed by atoms with Crippen LogP contribution in [0.4, 0.5) is 10.3 Å². The molecule has 0 saturated heterocycles. The summed E-state index contributed by atoms with van der Waals surface area (Å²) in [7, 11) is 0. The normalized spacial score (nSPS) is 14.9. The van der Waals surface area contributed by atoms with Crippen LogP contribution in [0.2, 0.25) is 0 Å². The van der Waals surface area contributed by atoms with Crippen LogP contribution in [-0.4, -0.2) is 14.8 Å². The lowest BCUT2D eigenvalue weighted by Gasteiger charge is -2.09. The van der Waals surface area contributed by atoms with Crippen molar-refractivity contribution in [2.75, 3.05) is 5.43 Å². The quantitative estimate of drug-likeness (QED) is 0.623. The first-order chi connectivity index (χ1) is 8.29. The van der Waals surface area contributed by atoms with E-state index in [1.54, 1.807) is 12.1 Å². The molecule has 1 fully saturated rings. The van der Waals surface area contributed by atoms with Crippen LogP contribution in [0.1, 0.15) is 24.6 Å². The van der Waals surface area contributed by atoms with Gasteiger partial charge in [0.1, 0.15) is 11.6 Å². The zero-order valence-electron chi connectivity index (χ0n) is 9.10. The Hall–Kier alpha value is -1.95. The Balaban J connectivity index is 2.10. The van der Waals surface area contributed by atoms with E-state index in [-0.39, 0.29) is 5.82 Å². The van der Waals surface area contributed by atoms with Crippen molar-refractivity contribution < 1.29 is 4.39 Å². The lowest BCUT2D eigenvalue weighted by atomic mass is 10.3. The number of halogens is 1. The Morgan fingerprint density at radius 1 is 1.24 bits per heavy atom. The van der Waals surface area contributed by atoms with Crippen molar-refractivity contribution in [3.8, 4) is 5.69 Å². The molecule has 1 saturated carbocycles. The summed E-state index contributed by atoms with van der Waals surface area (Å²) in [5.74, 6) is 6.93. The van der Waals surface area contributed by atoms with Gasteiger partial charge in [-0.1, -0.05) is 0 Å². The lowest BCUT2D eigenvalue weighted by molar-refractivity contribution is 0.627. The highest BCUT2D eigenvalue weighted by atomic mass is 19.1. The summed E-state index contributed by atoms with van der Waals surface area (Å²) in [6.07, 6.45) is 2.23. The fourth-order valence-electron chi connectivity index (χ4n) is 1.84. The van der Waals surface area contributed by atoms with Gasteiger partial charge >= 0.3 is 0 Å². The summed E-state index contributed by atoms with van der Waals surface area (Å²) >= 11 is 0. The second-order valence-corrected chi connectivity index (χ2v) is 4.11. The summed E-state index contributed by atoms with van der Waals surface area (Å²) in [6, 6.07) is 6.19. The van der Waals surface area contributed by atoms with E-state index in [1.165, 1.54) is 12.1 Å². The molecule has 1 heterocycles. The van der Waals surface area contributed by atoms with Gasteiger partial charge in [0.2, 0.25) is 5.95 Å². The number of benzene rings is 1. The molecule has 1 aromatic heterocycles. The predicted octanol–water partition coefficient (Wildman–Crippen LogP) is 1.57. The fraction of sp³-hybridized carbons (Fsp3) is 0.273. The van der Waals surface area contributed by atoms with Crippen molar-refractivity contribution in [3.63, 3.8) is 0 Å². The van der Waals surface area contributed by atoms with Gasteiger partial charge in [-0.2, -0.15) is 0 Å². The van der Waals surface area contributed by atoms with Crippen LogP contribution in [0, 0.1) is 5.82 Å². The van der Waals surface area contributed by atoms with Crippen LogP contribution < -0.4 is 11.3 Å². The SMILES string of the molecule is NNc1nnc(C2CC2)n1-c1ccc(F)cc1. The molecule has 0 amide bonds. The fourth-order valence-corrected chi connectivity index (χ4v) is 1.84. The summed E-state index contributed by atoms with van der Waals surface area (Å²) in [5, 5.41) is 8.10. The maximum Gasteiger partial charge on any atom is 0.243 e. The minimum atomic E-state index is -0.267. The van der Waals surface area contributed by atoms with Gasteiger partial charge in [0.15, 0.2) is 0 Å². The van der Waals surface area contributed by atoms with Crippen LogP contribution in [0.25, 0.3) is 5.69 Å². The highest BCUT2D eigenvalue weighted by molar-refractivity contribution is 5.43. The number of nitrogens with one attached hydrogen (secondary N) is 1. The van der Waals surface area contributed by atoms with Gasteiger partial charge in [0.05, 0.1) is 5.69 Å². The van der Waals surface area contributed by atoms with E-state index < -0.39 is 0 Å². The van der Waals surface area contributed by atoms with Gasteiger partial charge in [-0.05, 0) is 37.1 Å². The Bertz CT molecular complexity index is 529. The monoisotopic (exact) mass is 233 g/mol. The molecule has 1 aromatic carbocycles. The molecule has 0 bridgehead atoms. The molecule has 3 rings (SSSR count). The number of hydrogen-bond acceptors (Lipinski definition) is 4. The molecule has 3 N–H and O–H groups in total. The zero-order valence-corrected chi connectivity index (χ0v) is 9.10. The number of nitrogen functional groups attached to an aromatic ring is 1. The minimum Gasteiger partial charge on any atom is -0.292 e. The van der Waals surface area contributed by atoms with Crippen molar-refractivity contribution in [2.24, 2.45) is 5.84 Å². The molecule has 0 spiro atoms. The maximum absolute atomic E-state index is 12.9. The number of rotatable bonds is 3. The van der Waals surface area contributed by atoms with Crippen molar-refractivity contribution in [3.05, 3.63) is 35.9 Å². The predicted molar refractivity (Wildman–Crippen MR) is 61.1 cm³/mol. The minimum absolute atomic E-state index is 0.267. The number of nitrogens with two attached hydrogens (primary N) is 1. The van der Waals surface area contributed by atoms with E-state index in [2.05, 4.69) is 15.6 Å². The Morgan fingerprint density at radius 2 is 1.94 bits per heavy atom. The first-order valence-electron chi connectivity index (χ1n) is 5.47. The van der Waals surface area contributed by atoms with Crippen molar-refractivity contribution in [1.82, 2.24) is 14.8 Å². The van der Waals surface area contributed by atoms with Gasteiger partial charge in [0, 0.05) is 5.92 Å². The average Bonchev–Trinajstić information content (AvgIpc) is 3.10. The van der Waals surface area contributed by atoms with E-state index >= 15 is 0 Å². The zero-order chi connectivity index (χ0) is 11.8. The van der Waals surface area contributed by atoms with Gasteiger partial charge in [-0.3, -0.25) is 9.99 Å². The largest absolute Gasteiger partial charge is 0.292 e. The Morgan fingerprint density at radius 3 is 2.53 bits per heavy atom. The third-order valence-electron chi connectivity index (χ3n) is 2.84. The van der Waals surface area contributed by atoms with Gasteiger partial charge < -0.3 is 0 Å². The number of hydrazine groups is 1. The summed E-state index contributed by atoms with van der Waals surface area (Å²) < 4.78 is 14.7. The maximum atomic E-state index is 12.9. The molecular weight excluding hydrogens is 221 g/mol. The van der Waals surface area contributed by atoms with Crippen molar-refractivity contribution in [1.29, 1.82) is 0 Å². The average molecular weight is 233 g/mol. The molecule has 88 valence electrons. The molecule has 2 aromatic rings. The third-order valence-corrected chi connectivity index (χ3v) is 2.84. The van der Waals surface area contributed by atoms with Crippen LogP contribution >= 0.6 is 0 Å². The molecule has 0 unspecified atom stereocenters. The topological polar surface area (TPSA) is 68.8 Å². The molecule has 1 aliphatic carbocycles. The van der Waals surface area contributed by atoms with Gasteiger partial charge in [-0.15, -0.1) is 10.2 Å². The second-order valence-electron chi connectivity index (χ2n) is 4.11. The Labute approximate surface area is 97.4 Å². The van der Waals surface area contributed by atoms with Gasteiger partial charge in [0.25, 0.3) is 0 Å². The third kappa shape index (κ3) is 1.76. The number of nitrogens with zero attached hydrogens (tertiary/aromatic N) is 3. The van der Waals surface area contributed by atoms with Crippen LogP contribution in [0.3, 0.4) is 0 Å². The molecule has 0 aliphatic heterocycles. The highest BCUT2D eigenvalue weighted by Crippen LogP contribution is 2.40. The highest BCUT2D eigenvalue weighted by Gasteiger charge is 2.30. The molecule has 6 heteroatoms. The number of hydrogen-bond donors (Lipinski definition) is 2. The number of anilines is 1. The van der Waals surface area contributed by atoms with Crippen LogP contribution in [0.5, 0.6) is 0 Å². The second kappa shape index (κ2) is 3.81. The number of aromatic nitrogens is 3. The van der Waals surface area contributed by atoms with E-state index in [0.717, 1.165) is 24.4 Å². The van der Waals surface area contributed by atoms with E-state index in [0.29, 0.717) is 11.9 Å². The summed E-state index contributed by atoms with van der Waals surface area (Å²) in [5.41, 5.74) is 3.32. The van der Waals surface area contributed by atoms with Crippen molar-refractivity contribution >= 4 is 5.95 Å². The van der Waals surface area contributed by atoms with Crippen LogP contribution in [0.15, 0.2) is 24.3 Å². The molecule has 0 atom stereocenters. The lowest BCUT2D eigenvalue weighted by Crippen LogP contribution is -2.13. The molecular formula is C11H12FN5. The standard InChI is InChI=1S/C11H12FN5/c12-8-3-5-9(6-4-8)17-10(7-1-2-7)15-16-11(17)14-13/h3-7H,1-2,13H2,(H,14,16).